The van der Waals surface area contributed by atoms with Gasteiger partial charge in [-0.15, -0.1) is 11.3 Å². The Bertz CT molecular complexity index is 976. The number of rotatable bonds is 2. The first-order valence-corrected chi connectivity index (χ1v) is 8.70. The van der Waals surface area contributed by atoms with Gasteiger partial charge < -0.3 is 0 Å². The standard InChI is InChI=1S/C18H13ClN2O2S/c1-9-7-11-8-14(15(19)20-16(11)24-9)10(2)21-17(22)12-5-3-4-6-13(12)18(21)23/h3-8,10H,1-2H3. The minimum Gasteiger partial charge on any atom is -0.269 e. The topological polar surface area (TPSA) is 50.3 Å². The summed E-state index contributed by atoms with van der Waals surface area (Å²) in [7, 11) is 0. The summed E-state index contributed by atoms with van der Waals surface area (Å²) < 4.78 is 0. The van der Waals surface area contributed by atoms with Crippen molar-refractivity contribution in [2.75, 3.05) is 0 Å². The smallest absolute Gasteiger partial charge is 0.262 e. The highest BCUT2D eigenvalue weighted by Crippen LogP contribution is 2.36. The van der Waals surface area contributed by atoms with Crippen LogP contribution in [-0.4, -0.2) is 21.7 Å². The first kappa shape index (κ1) is 15.3. The second-order valence-corrected chi connectivity index (χ2v) is 7.41. The van der Waals surface area contributed by atoms with Crippen molar-refractivity contribution in [2.45, 2.75) is 19.9 Å². The zero-order valence-electron chi connectivity index (χ0n) is 13.0. The van der Waals surface area contributed by atoms with Crippen LogP contribution in [-0.2, 0) is 0 Å². The van der Waals surface area contributed by atoms with Gasteiger partial charge in [0.1, 0.15) is 9.98 Å². The van der Waals surface area contributed by atoms with Gasteiger partial charge in [0.05, 0.1) is 17.2 Å². The zero-order chi connectivity index (χ0) is 17.0. The minimum absolute atomic E-state index is 0.291. The maximum Gasteiger partial charge on any atom is 0.262 e. The molecule has 1 unspecified atom stereocenters. The summed E-state index contributed by atoms with van der Waals surface area (Å²) in [6.45, 7) is 3.81. The number of amides is 2. The molecule has 0 fully saturated rings. The lowest BCUT2D eigenvalue weighted by atomic mass is 10.1. The maximum absolute atomic E-state index is 12.6. The zero-order valence-corrected chi connectivity index (χ0v) is 14.6. The number of imide groups is 1. The lowest BCUT2D eigenvalue weighted by molar-refractivity contribution is 0.0595. The monoisotopic (exact) mass is 356 g/mol. The van der Waals surface area contributed by atoms with E-state index in [0.29, 0.717) is 21.8 Å². The molecule has 1 atom stereocenters. The summed E-state index contributed by atoms with van der Waals surface area (Å²) >= 11 is 7.91. The lowest BCUT2D eigenvalue weighted by Crippen LogP contribution is -2.32. The van der Waals surface area contributed by atoms with Crippen LogP contribution in [0.2, 0.25) is 5.15 Å². The van der Waals surface area contributed by atoms with E-state index in [0.717, 1.165) is 15.1 Å². The Balaban J connectivity index is 1.80. The lowest BCUT2D eigenvalue weighted by Gasteiger charge is -2.23. The second kappa shape index (κ2) is 5.40. The number of thiophene rings is 1. The van der Waals surface area contributed by atoms with E-state index in [1.54, 1.807) is 42.5 Å². The third kappa shape index (κ3) is 2.16. The average molecular weight is 357 g/mol. The predicted octanol–water partition coefficient (Wildman–Crippen LogP) is 4.62. The van der Waals surface area contributed by atoms with E-state index in [1.165, 1.54) is 4.90 Å². The molecule has 120 valence electrons. The molecule has 0 radical (unpaired) electrons. The van der Waals surface area contributed by atoms with Crippen molar-refractivity contribution < 1.29 is 9.59 Å². The summed E-state index contributed by atoms with van der Waals surface area (Å²) in [6.07, 6.45) is 0. The van der Waals surface area contributed by atoms with Gasteiger partial charge in [-0.1, -0.05) is 23.7 Å². The molecule has 0 N–H and O–H groups in total. The number of hydrogen-bond acceptors (Lipinski definition) is 4. The molecule has 4 nitrogen and oxygen atoms in total. The fourth-order valence-electron chi connectivity index (χ4n) is 3.08. The molecule has 0 spiro atoms. The molecule has 3 heterocycles. The van der Waals surface area contributed by atoms with Crippen molar-refractivity contribution in [3.05, 3.63) is 63.1 Å². The molecule has 24 heavy (non-hydrogen) atoms. The Morgan fingerprint density at radius 1 is 1.12 bits per heavy atom. The number of pyridine rings is 1. The van der Waals surface area contributed by atoms with Crippen LogP contribution in [0.5, 0.6) is 0 Å². The summed E-state index contributed by atoms with van der Waals surface area (Å²) in [6, 6.07) is 10.3. The number of benzene rings is 1. The van der Waals surface area contributed by atoms with E-state index in [4.69, 9.17) is 11.6 Å². The summed E-state index contributed by atoms with van der Waals surface area (Å²) in [5.74, 6) is -0.582. The van der Waals surface area contributed by atoms with Crippen LogP contribution < -0.4 is 0 Å². The quantitative estimate of drug-likeness (QED) is 0.497. The molecule has 6 heteroatoms. The van der Waals surface area contributed by atoms with Gasteiger partial charge in [-0.05, 0) is 38.1 Å². The van der Waals surface area contributed by atoms with Crippen LogP contribution in [0.25, 0.3) is 10.2 Å². The summed E-state index contributed by atoms with van der Waals surface area (Å²) in [4.78, 5) is 33.0. The van der Waals surface area contributed by atoms with Gasteiger partial charge in [0, 0.05) is 15.8 Å². The Labute approximate surface area is 147 Å². The molecule has 3 aromatic rings. The fourth-order valence-corrected chi connectivity index (χ4v) is 4.30. The van der Waals surface area contributed by atoms with E-state index < -0.39 is 6.04 Å². The average Bonchev–Trinajstić information content (AvgIpc) is 3.03. The third-order valence-electron chi connectivity index (χ3n) is 4.28. The molecular weight excluding hydrogens is 344 g/mol. The second-order valence-electron chi connectivity index (χ2n) is 5.82. The van der Waals surface area contributed by atoms with Crippen LogP contribution in [0.1, 0.15) is 44.1 Å². The van der Waals surface area contributed by atoms with Crippen LogP contribution in [0.4, 0.5) is 0 Å². The van der Waals surface area contributed by atoms with Crippen molar-refractivity contribution in [1.29, 1.82) is 0 Å². The number of aromatic nitrogens is 1. The van der Waals surface area contributed by atoms with Gasteiger partial charge in [0.15, 0.2) is 0 Å². The van der Waals surface area contributed by atoms with Crippen LogP contribution in [0, 0.1) is 6.92 Å². The minimum atomic E-state index is -0.484. The number of aryl methyl sites for hydroxylation is 1. The summed E-state index contributed by atoms with van der Waals surface area (Å²) in [5, 5.41) is 1.30. The number of carbonyl (C=O) groups excluding carboxylic acids is 2. The number of fused-ring (bicyclic) bond motifs is 2. The van der Waals surface area contributed by atoms with Gasteiger partial charge in [-0.2, -0.15) is 0 Å². The van der Waals surface area contributed by atoms with Gasteiger partial charge >= 0.3 is 0 Å². The molecule has 0 aliphatic carbocycles. The van der Waals surface area contributed by atoms with Crippen LogP contribution in [0.3, 0.4) is 0 Å². The van der Waals surface area contributed by atoms with E-state index in [9.17, 15) is 9.59 Å². The molecule has 4 rings (SSSR count). The largest absolute Gasteiger partial charge is 0.269 e. The number of carbonyl (C=O) groups is 2. The molecule has 2 amide bonds. The van der Waals surface area contributed by atoms with Crippen molar-refractivity contribution in [2.24, 2.45) is 0 Å². The SMILES string of the molecule is Cc1cc2cc(C(C)N3C(=O)c4ccccc4C3=O)c(Cl)nc2s1. The van der Waals surface area contributed by atoms with Gasteiger partial charge in [-0.3, -0.25) is 14.5 Å². The van der Waals surface area contributed by atoms with E-state index >= 15 is 0 Å². The fraction of sp³-hybridized carbons (Fsp3) is 0.167. The molecule has 1 aliphatic rings. The Kier molecular flexibility index (Phi) is 3.44. The van der Waals surface area contributed by atoms with Gasteiger partial charge in [0.25, 0.3) is 11.8 Å². The molecule has 0 saturated heterocycles. The highest BCUT2D eigenvalue weighted by atomic mass is 35.5. The third-order valence-corrected chi connectivity index (χ3v) is 5.54. The van der Waals surface area contributed by atoms with Crippen molar-refractivity contribution >= 4 is 45.0 Å². The normalized spacial score (nSPS) is 15.2. The van der Waals surface area contributed by atoms with Crippen LogP contribution >= 0.6 is 22.9 Å². The van der Waals surface area contributed by atoms with Crippen molar-refractivity contribution in [3.8, 4) is 0 Å². The van der Waals surface area contributed by atoms with E-state index in [-0.39, 0.29) is 11.8 Å². The molecule has 0 saturated carbocycles. The molecule has 1 aromatic carbocycles. The van der Waals surface area contributed by atoms with E-state index in [2.05, 4.69) is 4.98 Å². The maximum atomic E-state index is 12.6. The molecule has 1 aliphatic heterocycles. The molecule has 2 aromatic heterocycles. The first-order chi connectivity index (χ1) is 11.5. The number of nitrogens with zero attached hydrogens (tertiary/aromatic N) is 2. The van der Waals surface area contributed by atoms with Crippen molar-refractivity contribution in [3.63, 3.8) is 0 Å². The van der Waals surface area contributed by atoms with Crippen molar-refractivity contribution in [1.82, 2.24) is 9.88 Å². The number of halogens is 1. The molecular formula is C18H13ClN2O2S. The van der Waals surface area contributed by atoms with E-state index in [1.807, 2.05) is 19.1 Å². The van der Waals surface area contributed by atoms with Gasteiger partial charge in [0.2, 0.25) is 0 Å². The molecule has 0 bridgehead atoms. The first-order valence-electron chi connectivity index (χ1n) is 7.51. The predicted molar refractivity (Wildman–Crippen MR) is 94.7 cm³/mol. The highest BCUT2D eigenvalue weighted by molar-refractivity contribution is 7.18. The van der Waals surface area contributed by atoms with Gasteiger partial charge in [-0.25, -0.2) is 4.98 Å². The highest BCUT2D eigenvalue weighted by Gasteiger charge is 2.39. The Morgan fingerprint density at radius 2 is 1.75 bits per heavy atom. The Hall–Kier alpha value is -2.24. The Morgan fingerprint density at radius 3 is 2.38 bits per heavy atom. The number of hydrogen-bond donors (Lipinski definition) is 0. The van der Waals surface area contributed by atoms with Crippen LogP contribution in [0.15, 0.2) is 36.4 Å². The summed E-state index contributed by atoms with van der Waals surface area (Å²) in [5.41, 5.74) is 1.55.